The number of carboxylic acids is 1. The average molecular weight is 278 g/mol. The highest BCUT2D eigenvalue weighted by Gasteiger charge is 2.17. The molecule has 0 bridgehead atoms. The van der Waals surface area contributed by atoms with Crippen molar-refractivity contribution in [1.29, 1.82) is 0 Å². The van der Waals surface area contributed by atoms with Crippen LogP contribution in [0.25, 0.3) is 0 Å². The van der Waals surface area contributed by atoms with E-state index in [0.29, 0.717) is 19.7 Å². The van der Waals surface area contributed by atoms with E-state index in [4.69, 9.17) is 9.84 Å². The van der Waals surface area contributed by atoms with E-state index >= 15 is 0 Å². The normalized spacial score (nSPS) is 13.8. The first-order valence-corrected chi connectivity index (χ1v) is 6.86. The lowest BCUT2D eigenvalue weighted by Crippen LogP contribution is -2.32. The summed E-state index contributed by atoms with van der Waals surface area (Å²) in [7, 11) is 3.73. The summed E-state index contributed by atoms with van der Waals surface area (Å²) in [6.07, 6.45) is 1.07. The molecule has 0 aromatic heterocycles. The van der Waals surface area contributed by atoms with Crippen LogP contribution in [0.4, 0.5) is 5.69 Å². The summed E-state index contributed by atoms with van der Waals surface area (Å²) in [6, 6.07) is 6.41. The van der Waals surface area contributed by atoms with Crippen molar-refractivity contribution in [2.75, 3.05) is 45.3 Å². The van der Waals surface area contributed by atoms with Gasteiger partial charge in [-0.1, -0.05) is 12.1 Å². The molecule has 0 amide bonds. The second-order valence-corrected chi connectivity index (χ2v) is 5.23. The molecular formula is C15H22N2O3. The van der Waals surface area contributed by atoms with E-state index in [1.54, 1.807) is 7.11 Å². The van der Waals surface area contributed by atoms with E-state index in [1.807, 2.05) is 4.90 Å². The van der Waals surface area contributed by atoms with Gasteiger partial charge in [-0.05, 0) is 23.6 Å². The summed E-state index contributed by atoms with van der Waals surface area (Å²) in [6.45, 7) is 2.91. The molecule has 0 saturated heterocycles. The van der Waals surface area contributed by atoms with Crippen molar-refractivity contribution in [2.45, 2.75) is 13.0 Å². The molecule has 110 valence electrons. The van der Waals surface area contributed by atoms with Crippen molar-refractivity contribution in [2.24, 2.45) is 0 Å². The van der Waals surface area contributed by atoms with Gasteiger partial charge in [0.15, 0.2) is 0 Å². The molecule has 2 rings (SSSR count). The first kappa shape index (κ1) is 14.8. The molecule has 0 aliphatic carbocycles. The molecule has 5 nitrogen and oxygen atoms in total. The molecule has 1 N–H and O–H groups in total. The zero-order valence-corrected chi connectivity index (χ0v) is 12.1. The van der Waals surface area contributed by atoms with Crippen LogP contribution in [-0.4, -0.2) is 56.4 Å². The van der Waals surface area contributed by atoms with Gasteiger partial charge in [0.05, 0.1) is 13.2 Å². The minimum atomic E-state index is -0.804. The maximum absolute atomic E-state index is 10.9. The van der Waals surface area contributed by atoms with Gasteiger partial charge >= 0.3 is 5.97 Å². The highest BCUT2D eigenvalue weighted by atomic mass is 16.5. The highest BCUT2D eigenvalue weighted by molar-refractivity contribution is 5.69. The smallest absolute Gasteiger partial charge is 0.317 e. The number of fused-ring (bicyclic) bond motifs is 1. The number of anilines is 1. The predicted octanol–water partition coefficient (Wildman–Crippen LogP) is 1.21. The topological polar surface area (TPSA) is 53.0 Å². The third-order valence-electron chi connectivity index (χ3n) is 3.65. The van der Waals surface area contributed by atoms with Crippen LogP contribution < -0.4 is 4.90 Å². The zero-order valence-electron chi connectivity index (χ0n) is 12.1. The monoisotopic (exact) mass is 278 g/mol. The minimum absolute atomic E-state index is 0.0420. The van der Waals surface area contributed by atoms with Crippen molar-refractivity contribution in [3.8, 4) is 0 Å². The maximum Gasteiger partial charge on any atom is 0.317 e. The second kappa shape index (κ2) is 6.72. The average Bonchev–Trinajstić information content (AvgIpc) is 2.77. The lowest BCUT2D eigenvalue weighted by Gasteiger charge is -2.20. The van der Waals surface area contributed by atoms with Crippen molar-refractivity contribution < 1.29 is 14.6 Å². The summed E-state index contributed by atoms with van der Waals surface area (Å²) in [4.78, 5) is 15.0. The van der Waals surface area contributed by atoms with Gasteiger partial charge < -0.3 is 14.7 Å². The second-order valence-electron chi connectivity index (χ2n) is 5.23. The fourth-order valence-electron chi connectivity index (χ4n) is 2.60. The molecule has 1 aliphatic rings. The number of hydrogen-bond acceptors (Lipinski definition) is 4. The summed E-state index contributed by atoms with van der Waals surface area (Å²) in [5.41, 5.74) is 3.80. The summed E-state index contributed by atoms with van der Waals surface area (Å²) in [5.74, 6) is -0.804. The molecule has 0 radical (unpaired) electrons. The van der Waals surface area contributed by atoms with Crippen LogP contribution in [0, 0.1) is 0 Å². The van der Waals surface area contributed by atoms with Crippen LogP contribution in [0.15, 0.2) is 18.2 Å². The van der Waals surface area contributed by atoms with Crippen molar-refractivity contribution in [1.82, 2.24) is 4.90 Å². The SMILES string of the molecule is COCCN(CC(=O)O)Cc1ccc2c(c1)CCN2C. The molecule has 20 heavy (non-hydrogen) atoms. The number of aliphatic carboxylic acids is 1. The zero-order chi connectivity index (χ0) is 14.5. The van der Waals surface area contributed by atoms with Gasteiger partial charge in [-0.15, -0.1) is 0 Å². The Hall–Kier alpha value is -1.59. The number of hydrogen-bond donors (Lipinski definition) is 1. The first-order chi connectivity index (χ1) is 9.60. The molecule has 0 atom stereocenters. The Balaban J connectivity index is 2.04. The number of rotatable bonds is 7. The lowest BCUT2D eigenvalue weighted by atomic mass is 10.1. The largest absolute Gasteiger partial charge is 0.480 e. The number of benzene rings is 1. The van der Waals surface area contributed by atoms with Gasteiger partial charge in [-0.2, -0.15) is 0 Å². The number of ether oxygens (including phenoxy) is 1. The number of methoxy groups -OCH3 is 1. The van der Waals surface area contributed by atoms with Gasteiger partial charge in [0.2, 0.25) is 0 Å². The molecular weight excluding hydrogens is 256 g/mol. The van der Waals surface area contributed by atoms with Gasteiger partial charge in [-0.3, -0.25) is 9.69 Å². The van der Waals surface area contributed by atoms with Gasteiger partial charge in [0.25, 0.3) is 0 Å². The Labute approximate surface area is 119 Å². The van der Waals surface area contributed by atoms with Gasteiger partial charge in [0, 0.05) is 39.5 Å². The van der Waals surface area contributed by atoms with Crippen LogP contribution in [0.2, 0.25) is 0 Å². The van der Waals surface area contributed by atoms with Crippen molar-refractivity contribution in [3.05, 3.63) is 29.3 Å². The number of likely N-dealkylation sites (N-methyl/N-ethyl adjacent to an activating group) is 1. The Morgan fingerprint density at radius 3 is 3.00 bits per heavy atom. The summed E-state index contributed by atoms with van der Waals surface area (Å²) >= 11 is 0. The Kier molecular flexibility index (Phi) is 4.98. The molecule has 0 spiro atoms. The fourth-order valence-corrected chi connectivity index (χ4v) is 2.60. The Morgan fingerprint density at radius 2 is 2.30 bits per heavy atom. The molecule has 0 fully saturated rings. The summed E-state index contributed by atoms with van der Waals surface area (Å²) in [5, 5.41) is 8.96. The van der Waals surface area contributed by atoms with E-state index in [9.17, 15) is 4.79 Å². The van der Waals surface area contributed by atoms with Crippen LogP contribution in [0.1, 0.15) is 11.1 Å². The van der Waals surface area contributed by atoms with Gasteiger partial charge in [0.1, 0.15) is 0 Å². The highest BCUT2D eigenvalue weighted by Crippen LogP contribution is 2.27. The van der Waals surface area contributed by atoms with E-state index in [-0.39, 0.29) is 6.54 Å². The third-order valence-corrected chi connectivity index (χ3v) is 3.65. The number of nitrogens with zero attached hydrogens (tertiary/aromatic N) is 2. The Bertz CT molecular complexity index is 476. The Morgan fingerprint density at radius 1 is 1.50 bits per heavy atom. The van der Waals surface area contributed by atoms with Gasteiger partial charge in [-0.25, -0.2) is 0 Å². The fraction of sp³-hybridized carbons (Fsp3) is 0.533. The maximum atomic E-state index is 10.9. The van der Waals surface area contributed by atoms with E-state index < -0.39 is 5.97 Å². The molecule has 0 unspecified atom stereocenters. The standard InChI is InChI=1S/C15H22N2O3/c1-16-6-5-13-9-12(3-4-14(13)16)10-17(7-8-20-2)11-15(18)19/h3-4,9H,5-8,10-11H2,1-2H3,(H,18,19). The quantitative estimate of drug-likeness (QED) is 0.812. The molecule has 1 aromatic rings. The predicted molar refractivity (Wildman–Crippen MR) is 78.2 cm³/mol. The number of carbonyl (C=O) groups is 1. The molecule has 5 heteroatoms. The van der Waals surface area contributed by atoms with Crippen molar-refractivity contribution >= 4 is 11.7 Å². The van der Waals surface area contributed by atoms with Crippen molar-refractivity contribution in [3.63, 3.8) is 0 Å². The van der Waals surface area contributed by atoms with E-state index in [2.05, 4.69) is 30.1 Å². The van der Waals surface area contributed by atoms with Crippen LogP contribution in [-0.2, 0) is 22.5 Å². The summed E-state index contributed by atoms with van der Waals surface area (Å²) < 4.78 is 5.04. The number of carboxylic acid groups (broad SMARTS) is 1. The van der Waals surface area contributed by atoms with E-state index in [0.717, 1.165) is 18.5 Å². The molecule has 1 aliphatic heterocycles. The molecule has 0 saturated carbocycles. The lowest BCUT2D eigenvalue weighted by molar-refractivity contribution is -0.138. The third kappa shape index (κ3) is 3.71. The van der Waals surface area contributed by atoms with Crippen LogP contribution >= 0.6 is 0 Å². The van der Waals surface area contributed by atoms with E-state index in [1.165, 1.54) is 11.3 Å². The van der Waals surface area contributed by atoms with Crippen LogP contribution in [0.5, 0.6) is 0 Å². The molecule has 1 heterocycles. The van der Waals surface area contributed by atoms with Crippen LogP contribution in [0.3, 0.4) is 0 Å². The molecule has 1 aromatic carbocycles. The first-order valence-electron chi connectivity index (χ1n) is 6.86. The minimum Gasteiger partial charge on any atom is -0.480 e.